The number of hydrogen-bond acceptors (Lipinski definition) is 6. The van der Waals surface area contributed by atoms with E-state index in [2.05, 4.69) is 0 Å². The Balaban J connectivity index is 1.72. The first-order valence-corrected chi connectivity index (χ1v) is 10.7. The van der Waals surface area contributed by atoms with Crippen molar-refractivity contribution in [2.24, 2.45) is 17.6 Å². The molecule has 1 aliphatic heterocycles. The van der Waals surface area contributed by atoms with Gasteiger partial charge < -0.3 is 31.1 Å². The third kappa shape index (κ3) is 2.94. The molecule has 0 radical (unpaired) electrons. The fourth-order valence-electron chi connectivity index (χ4n) is 5.35. The molecule has 31 heavy (non-hydrogen) atoms. The zero-order valence-electron chi connectivity index (χ0n) is 17.4. The number of aromatic nitrogens is 1. The van der Waals surface area contributed by atoms with E-state index in [-0.39, 0.29) is 41.1 Å². The molecule has 6 N–H and O–H groups in total. The summed E-state index contributed by atoms with van der Waals surface area (Å²) in [5.74, 6) is -2.09. The van der Waals surface area contributed by atoms with Gasteiger partial charge in [0.15, 0.2) is 5.82 Å². The summed E-state index contributed by atoms with van der Waals surface area (Å²) in [6.07, 6.45) is 4.86. The highest BCUT2D eigenvalue weighted by molar-refractivity contribution is 6.01. The number of carbonyl (C=O) groups is 1. The van der Waals surface area contributed by atoms with Crippen LogP contribution in [0.4, 0.5) is 15.8 Å². The van der Waals surface area contributed by atoms with Crippen LogP contribution in [-0.4, -0.2) is 46.0 Å². The largest absolute Gasteiger partial charge is 0.477 e. The maximum absolute atomic E-state index is 15.6. The number of carboxylic acids is 1. The average Bonchev–Trinajstić information content (AvgIpc) is 3.65. The van der Waals surface area contributed by atoms with Crippen LogP contribution in [0.2, 0.25) is 0 Å². The van der Waals surface area contributed by atoms with Gasteiger partial charge in [0.05, 0.1) is 22.3 Å². The highest BCUT2D eigenvalue weighted by Gasteiger charge is 2.52. The molecule has 2 atom stereocenters. The molecule has 2 saturated carbocycles. The Bertz CT molecular complexity index is 1170. The van der Waals surface area contributed by atoms with Crippen LogP contribution in [0.3, 0.4) is 0 Å². The second-order valence-electron chi connectivity index (χ2n) is 9.43. The first kappa shape index (κ1) is 20.3. The van der Waals surface area contributed by atoms with Gasteiger partial charge >= 0.3 is 5.97 Å². The minimum absolute atomic E-state index is 0.0292. The third-order valence-electron chi connectivity index (χ3n) is 7.39. The molecule has 1 saturated heterocycles. The van der Waals surface area contributed by atoms with Gasteiger partial charge in [0.1, 0.15) is 5.56 Å². The Morgan fingerprint density at radius 2 is 2.00 bits per heavy atom. The van der Waals surface area contributed by atoms with E-state index >= 15 is 4.39 Å². The standard InChI is InChI=1S/C22H27FN4O4/c1-10-18-15(20(29)13(21(30)31)7-27(18)12-2-3-12)17(24)16(23)19(10)26-6-11(9-28)14(8-26)22(25)4-5-22/h7,11-12,14,28H,2-6,8-9,24-25H2,1H3,(H,30,31). The number of nitrogens with two attached hydrogens (primary N) is 2. The molecule has 3 fully saturated rings. The van der Waals surface area contributed by atoms with Crippen LogP contribution in [0.5, 0.6) is 0 Å². The van der Waals surface area contributed by atoms with Crippen molar-refractivity contribution in [3.05, 3.63) is 33.4 Å². The van der Waals surface area contributed by atoms with Crippen LogP contribution < -0.4 is 21.8 Å². The summed E-state index contributed by atoms with van der Waals surface area (Å²) in [6, 6.07) is 0.0629. The molecule has 2 aliphatic carbocycles. The zero-order valence-corrected chi connectivity index (χ0v) is 17.4. The Labute approximate surface area is 178 Å². The van der Waals surface area contributed by atoms with Crippen molar-refractivity contribution in [2.75, 3.05) is 30.3 Å². The second kappa shape index (κ2) is 6.67. The molecule has 2 heterocycles. The molecule has 0 bridgehead atoms. The molecule has 1 aromatic carbocycles. The molecule has 9 heteroatoms. The van der Waals surface area contributed by atoms with Crippen LogP contribution >= 0.6 is 0 Å². The monoisotopic (exact) mass is 430 g/mol. The summed E-state index contributed by atoms with van der Waals surface area (Å²) in [5.41, 5.74) is 12.1. The number of halogens is 1. The van der Waals surface area contributed by atoms with Gasteiger partial charge in [-0.25, -0.2) is 9.18 Å². The summed E-state index contributed by atoms with van der Waals surface area (Å²) in [5, 5.41) is 19.3. The number of nitrogens with zero attached hydrogens (tertiary/aromatic N) is 2. The lowest BCUT2D eigenvalue weighted by molar-refractivity contribution is 0.0695. The number of benzene rings is 1. The van der Waals surface area contributed by atoms with Crippen LogP contribution in [0, 0.1) is 24.6 Å². The van der Waals surface area contributed by atoms with Gasteiger partial charge in [0, 0.05) is 49.3 Å². The lowest BCUT2D eigenvalue weighted by Gasteiger charge is -2.26. The van der Waals surface area contributed by atoms with Gasteiger partial charge in [-0.3, -0.25) is 4.79 Å². The second-order valence-corrected chi connectivity index (χ2v) is 9.43. The molecule has 2 aromatic rings. The lowest BCUT2D eigenvalue weighted by Crippen LogP contribution is -2.38. The number of fused-ring (bicyclic) bond motifs is 1. The van der Waals surface area contributed by atoms with Crippen molar-refractivity contribution in [3.8, 4) is 0 Å². The van der Waals surface area contributed by atoms with E-state index in [0.717, 1.165) is 25.7 Å². The van der Waals surface area contributed by atoms with Crippen molar-refractivity contribution in [2.45, 2.75) is 44.2 Å². The molecule has 166 valence electrons. The molecule has 8 nitrogen and oxygen atoms in total. The SMILES string of the molecule is Cc1c(N2CC(CO)C(C3(N)CC3)C2)c(F)c(N)c2c(=O)c(C(=O)O)cn(C3CC3)c12. The summed E-state index contributed by atoms with van der Waals surface area (Å²) < 4.78 is 17.4. The Morgan fingerprint density at radius 1 is 1.32 bits per heavy atom. The van der Waals surface area contributed by atoms with E-state index in [0.29, 0.717) is 29.9 Å². The quantitative estimate of drug-likeness (QED) is 0.529. The Morgan fingerprint density at radius 3 is 2.55 bits per heavy atom. The summed E-state index contributed by atoms with van der Waals surface area (Å²) >= 11 is 0. The maximum Gasteiger partial charge on any atom is 0.341 e. The fraction of sp³-hybridized carbons (Fsp3) is 0.545. The smallest absolute Gasteiger partial charge is 0.341 e. The molecule has 5 rings (SSSR count). The highest BCUT2D eigenvalue weighted by atomic mass is 19.1. The molecule has 3 aliphatic rings. The molecular weight excluding hydrogens is 403 g/mol. The van der Waals surface area contributed by atoms with Crippen molar-refractivity contribution in [1.82, 2.24) is 4.57 Å². The lowest BCUT2D eigenvalue weighted by atomic mass is 9.88. The van der Waals surface area contributed by atoms with E-state index in [1.165, 1.54) is 6.20 Å². The summed E-state index contributed by atoms with van der Waals surface area (Å²) in [6.45, 7) is 2.67. The van der Waals surface area contributed by atoms with Crippen molar-refractivity contribution < 1.29 is 19.4 Å². The molecule has 1 aromatic heterocycles. The number of aliphatic hydroxyl groups is 1. The normalized spacial score (nSPS) is 24.7. The minimum atomic E-state index is -1.35. The van der Waals surface area contributed by atoms with Crippen LogP contribution in [0.25, 0.3) is 10.9 Å². The zero-order chi connectivity index (χ0) is 22.2. The predicted molar refractivity (Wildman–Crippen MR) is 115 cm³/mol. The number of hydrogen-bond donors (Lipinski definition) is 4. The van der Waals surface area contributed by atoms with Crippen LogP contribution in [0.15, 0.2) is 11.0 Å². The number of aromatic carboxylic acids is 1. The molecule has 0 amide bonds. The number of aryl methyl sites for hydroxylation is 1. The average molecular weight is 430 g/mol. The van der Waals surface area contributed by atoms with Crippen molar-refractivity contribution in [1.29, 1.82) is 0 Å². The maximum atomic E-state index is 15.6. The molecule has 0 spiro atoms. The number of rotatable bonds is 5. The van der Waals surface area contributed by atoms with Gasteiger partial charge in [-0.2, -0.15) is 0 Å². The van der Waals surface area contributed by atoms with Gasteiger partial charge in [0.25, 0.3) is 0 Å². The van der Waals surface area contributed by atoms with Crippen LogP contribution in [-0.2, 0) is 0 Å². The van der Waals surface area contributed by atoms with E-state index in [1.54, 1.807) is 11.5 Å². The topological polar surface area (TPSA) is 135 Å². The van der Waals surface area contributed by atoms with Gasteiger partial charge in [-0.05, 0) is 38.2 Å². The van der Waals surface area contributed by atoms with Crippen LogP contribution in [0.1, 0.15) is 47.6 Å². The van der Waals surface area contributed by atoms with E-state index < -0.39 is 22.8 Å². The number of nitrogen functional groups attached to an aromatic ring is 1. The van der Waals surface area contributed by atoms with E-state index in [9.17, 15) is 19.8 Å². The Hall–Kier alpha value is -2.65. The molecule has 2 unspecified atom stereocenters. The number of aliphatic hydroxyl groups excluding tert-OH is 1. The van der Waals surface area contributed by atoms with Crippen molar-refractivity contribution >= 4 is 28.2 Å². The predicted octanol–water partition coefficient (Wildman–Crippen LogP) is 1.60. The fourth-order valence-corrected chi connectivity index (χ4v) is 5.35. The van der Waals surface area contributed by atoms with Crippen molar-refractivity contribution in [3.63, 3.8) is 0 Å². The molecular formula is C22H27FN4O4. The van der Waals surface area contributed by atoms with Gasteiger partial charge in [-0.1, -0.05) is 0 Å². The first-order valence-electron chi connectivity index (χ1n) is 10.7. The Kier molecular flexibility index (Phi) is 4.36. The summed E-state index contributed by atoms with van der Waals surface area (Å²) in [4.78, 5) is 26.4. The summed E-state index contributed by atoms with van der Waals surface area (Å²) in [7, 11) is 0. The third-order valence-corrected chi connectivity index (χ3v) is 7.39. The van der Waals surface area contributed by atoms with E-state index in [1.807, 2.05) is 4.90 Å². The number of anilines is 2. The highest BCUT2D eigenvalue weighted by Crippen LogP contribution is 2.48. The van der Waals surface area contributed by atoms with E-state index in [4.69, 9.17) is 11.5 Å². The van der Waals surface area contributed by atoms with Gasteiger partial charge in [-0.15, -0.1) is 0 Å². The first-order chi connectivity index (χ1) is 14.7. The minimum Gasteiger partial charge on any atom is -0.477 e. The number of pyridine rings is 1. The number of carboxylic acid groups (broad SMARTS) is 1. The van der Waals surface area contributed by atoms with Gasteiger partial charge in [0.2, 0.25) is 5.43 Å².